The number of anilines is 1. The van der Waals surface area contributed by atoms with Gasteiger partial charge in [-0.05, 0) is 32.6 Å². The van der Waals surface area contributed by atoms with E-state index >= 15 is 0 Å². The number of aryl methyl sites for hydroxylation is 1. The Labute approximate surface area is 119 Å². The highest BCUT2D eigenvalue weighted by atomic mass is 16.6. The largest absolute Gasteiger partial charge is 0.383 e. The van der Waals surface area contributed by atoms with Gasteiger partial charge in [0.05, 0.1) is 4.92 Å². The number of benzene rings is 1. The summed E-state index contributed by atoms with van der Waals surface area (Å²) in [6.45, 7) is 5.82. The summed E-state index contributed by atoms with van der Waals surface area (Å²) in [7, 11) is 4.25. The Bertz CT molecular complexity index is 492. The summed E-state index contributed by atoms with van der Waals surface area (Å²) in [4.78, 5) is 15.2. The van der Waals surface area contributed by atoms with Crippen LogP contribution >= 0.6 is 0 Å². The predicted octanol–water partition coefficient (Wildman–Crippen LogP) is 1.56. The molecule has 6 heteroatoms. The minimum absolute atomic E-state index is 0.140. The third-order valence-corrected chi connectivity index (χ3v) is 3.79. The van der Waals surface area contributed by atoms with Crippen LogP contribution in [0.3, 0.4) is 0 Å². The van der Waals surface area contributed by atoms with Gasteiger partial charge in [0, 0.05) is 50.0 Å². The van der Waals surface area contributed by atoms with E-state index in [2.05, 4.69) is 29.2 Å². The van der Waals surface area contributed by atoms with Crippen molar-refractivity contribution in [3.63, 3.8) is 0 Å². The van der Waals surface area contributed by atoms with Gasteiger partial charge in [-0.25, -0.2) is 0 Å². The quantitative estimate of drug-likeness (QED) is 0.669. The van der Waals surface area contributed by atoms with Crippen LogP contribution in [0.25, 0.3) is 0 Å². The number of hydrogen-bond donors (Lipinski definition) is 1. The van der Waals surface area contributed by atoms with E-state index in [1.165, 1.54) is 0 Å². The zero-order valence-electron chi connectivity index (χ0n) is 12.3. The number of nitro benzene ring substituents is 1. The molecule has 110 valence electrons. The molecule has 1 aliphatic rings. The van der Waals surface area contributed by atoms with E-state index in [-0.39, 0.29) is 10.6 Å². The minimum Gasteiger partial charge on any atom is -0.383 e. The average molecular weight is 278 g/mol. The molecule has 1 heterocycles. The molecule has 1 unspecified atom stereocenters. The molecule has 0 aliphatic carbocycles. The van der Waals surface area contributed by atoms with Crippen molar-refractivity contribution in [3.8, 4) is 0 Å². The van der Waals surface area contributed by atoms with Crippen LogP contribution in [0.4, 0.5) is 11.4 Å². The second-order valence-corrected chi connectivity index (χ2v) is 5.59. The van der Waals surface area contributed by atoms with Gasteiger partial charge in [0.15, 0.2) is 0 Å². The zero-order valence-corrected chi connectivity index (χ0v) is 12.3. The molecule has 6 nitrogen and oxygen atoms in total. The van der Waals surface area contributed by atoms with Crippen molar-refractivity contribution < 1.29 is 4.92 Å². The molecule has 1 saturated heterocycles. The fourth-order valence-electron chi connectivity index (χ4n) is 2.53. The standard InChI is InChI=1S/C14H22N4O2/c1-11-6-12(8-13(7-11)18(19)20)15-9-14-10-16(2)4-5-17(14)3/h6-8,14-15H,4-5,9-10H2,1-3H3. The highest BCUT2D eigenvalue weighted by molar-refractivity contribution is 5.53. The van der Waals surface area contributed by atoms with Crippen LogP contribution < -0.4 is 5.32 Å². The van der Waals surface area contributed by atoms with Gasteiger partial charge >= 0.3 is 0 Å². The van der Waals surface area contributed by atoms with Crippen LogP contribution in [0.5, 0.6) is 0 Å². The van der Waals surface area contributed by atoms with Gasteiger partial charge in [-0.15, -0.1) is 0 Å². The van der Waals surface area contributed by atoms with Crippen molar-refractivity contribution >= 4 is 11.4 Å². The molecular weight excluding hydrogens is 256 g/mol. The first-order chi connectivity index (χ1) is 9.45. The van der Waals surface area contributed by atoms with Gasteiger partial charge in [-0.1, -0.05) is 0 Å². The Morgan fingerprint density at radius 1 is 1.35 bits per heavy atom. The Balaban J connectivity index is 2.01. The van der Waals surface area contributed by atoms with Crippen molar-refractivity contribution in [2.24, 2.45) is 0 Å². The lowest BCUT2D eigenvalue weighted by Gasteiger charge is -2.37. The van der Waals surface area contributed by atoms with Crippen molar-refractivity contribution in [1.29, 1.82) is 0 Å². The lowest BCUT2D eigenvalue weighted by molar-refractivity contribution is -0.384. The lowest BCUT2D eigenvalue weighted by atomic mass is 10.1. The van der Waals surface area contributed by atoms with E-state index in [0.717, 1.165) is 37.4 Å². The number of nitrogens with one attached hydrogen (secondary N) is 1. The van der Waals surface area contributed by atoms with Gasteiger partial charge in [-0.2, -0.15) is 0 Å². The Morgan fingerprint density at radius 2 is 2.10 bits per heavy atom. The molecule has 0 spiro atoms. The minimum atomic E-state index is -0.349. The third-order valence-electron chi connectivity index (χ3n) is 3.79. The van der Waals surface area contributed by atoms with E-state index in [0.29, 0.717) is 6.04 Å². The Hall–Kier alpha value is -1.66. The van der Waals surface area contributed by atoms with E-state index in [1.807, 2.05) is 13.0 Å². The Morgan fingerprint density at radius 3 is 2.80 bits per heavy atom. The van der Waals surface area contributed by atoms with Crippen molar-refractivity contribution in [1.82, 2.24) is 9.80 Å². The number of hydrogen-bond acceptors (Lipinski definition) is 5. The van der Waals surface area contributed by atoms with E-state index < -0.39 is 0 Å². The maximum absolute atomic E-state index is 10.9. The number of rotatable bonds is 4. The highest BCUT2D eigenvalue weighted by Gasteiger charge is 2.21. The van der Waals surface area contributed by atoms with Crippen molar-refractivity contribution in [2.45, 2.75) is 13.0 Å². The van der Waals surface area contributed by atoms with Gasteiger partial charge in [0.25, 0.3) is 5.69 Å². The molecule has 20 heavy (non-hydrogen) atoms. The first-order valence-corrected chi connectivity index (χ1v) is 6.84. The summed E-state index contributed by atoms with van der Waals surface area (Å²) in [5.41, 5.74) is 1.86. The first kappa shape index (κ1) is 14.7. The molecule has 1 fully saturated rings. The lowest BCUT2D eigenvalue weighted by Crippen LogP contribution is -2.52. The van der Waals surface area contributed by atoms with Gasteiger partial charge in [-0.3, -0.25) is 15.0 Å². The summed E-state index contributed by atoms with van der Waals surface area (Å²) in [5, 5.41) is 14.2. The van der Waals surface area contributed by atoms with Crippen LogP contribution in [-0.2, 0) is 0 Å². The molecule has 1 aromatic carbocycles. The summed E-state index contributed by atoms with van der Waals surface area (Å²) >= 11 is 0. The summed E-state index contributed by atoms with van der Waals surface area (Å²) in [5.74, 6) is 0. The molecule has 0 amide bonds. The molecule has 1 N–H and O–H groups in total. The topological polar surface area (TPSA) is 61.6 Å². The normalized spacial score (nSPS) is 20.9. The van der Waals surface area contributed by atoms with Crippen LogP contribution in [-0.4, -0.2) is 61.0 Å². The van der Waals surface area contributed by atoms with Crippen LogP contribution in [0.1, 0.15) is 5.56 Å². The number of nitrogens with zero attached hydrogens (tertiary/aromatic N) is 3. The molecule has 1 atom stereocenters. The Kier molecular flexibility index (Phi) is 4.57. The summed E-state index contributed by atoms with van der Waals surface area (Å²) in [6.07, 6.45) is 0. The smallest absolute Gasteiger partial charge is 0.271 e. The van der Waals surface area contributed by atoms with Crippen molar-refractivity contribution in [3.05, 3.63) is 33.9 Å². The molecule has 1 aromatic rings. The number of non-ortho nitro benzene ring substituents is 1. The average Bonchev–Trinajstić information content (AvgIpc) is 2.39. The SMILES string of the molecule is Cc1cc(NCC2CN(C)CCN2C)cc([N+](=O)[O-])c1. The number of nitro groups is 1. The van der Waals surface area contributed by atoms with Gasteiger partial charge < -0.3 is 10.2 Å². The second kappa shape index (κ2) is 6.19. The van der Waals surface area contributed by atoms with E-state index in [4.69, 9.17) is 0 Å². The maximum atomic E-state index is 10.9. The van der Waals surface area contributed by atoms with Crippen molar-refractivity contribution in [2.75, 3.05) is 45.6 Å². The first-order valence-electron chi connectivity index (χ1n) is 6.84. The molecule has 2 rings (SSSR count). The fraction of sp³-hybridized carbons (Fsp3) is 0.571. The molecule has 0 radical (unpaired) electrons. The molecule has 0 aromatic heterocycles. The van der Waals surface area contributed by atoms with E-state index in [9.17, 15) is 10.1 Å². The molecule has 0 bridgehead atoms. The zero-order chi connectivity index (χ0) is 14.7. The molecule has 0 saturated carbocycles. The summed E-state index contributed by atoms with van der Waals surface area (Å²) < 4.78 is 0. The van der Waals surface area contributed by atoms with Crippen LogP contribution in [0.15, 0.2) is 18.2 Å². The maximum Gasteiger partial charge on any atom is 0.271 e. The third kappa shape index (κ3) is 3.68. The van der Waals surface area contributed by atoms with Crippen LogP contribution in [0.2, 0.25) is 0 Å². The highest BCUT2D eigenvalue weighted by Crippen LogP contribution is 2.20. The fourth-order valence-corrected chi connectivity index (χ4v) is 2.53. The molecular formula is C14H22N4O2. The van der Waals surface area contributed by atoms with Crippen LogP contribution in [0, 0.1) is 17.0 Å². The van der Waals surface area contributed by atoms with Gasteiger partial charge in [0.1, 0.15) is 0 Å². The van der Waals surface area contributed by atoms with Gasteiger partial charge in [0.2, 0.25) is 0 Å². The van der Waals surface area contributed by atoms with E-state index in [1.54, 1.807) is 12.1 Å². The molecule has 1 aliphatic heterocycles. The number of likely N-dealkylation sites (N-methyl/N-ethyl adjacent to an activating group) is 2. The number of piperazine rings is 1. The monoisotopic (exact) mass is 278 g/mol. The summed E-state index contributed by atoms with van der Waals surface area (Å²) in [6, 6.07) is 5.55. The second-order valence-electron chi connectivity index (χ2n) is 5.59. The predicted molar refractivity (Wildman–Crippen MR) is 80.2 cm³/mol.